The standard InChI is InChI=1S/C14H22N4O3/c1-2-7-18(9-10-5-3-4-6-15-10)13(20)11-8-12(19)17-14(21)16-11/h8,10,15H,2-7,9H2,1H3,(H2,16,17,19,21). The van der Waals surface area contributed by atoms with E-state index in [4.69, 9.17) is 0 Å². The van der Waals surface area contributed by atoms with Gasteiger partial charge in [-0.3, -0.25) is 14.6 Å². The van der Waals surface area contributed by atoms with Crippen molar-refractivity contribution in [3.8, 4) is 0 Å². The molecule has 0 saturated carbocycles. The number of aromatic nitrogens is 2. The predicted molar refractivity (Wildman–Crippen MR) is 79.5 cm³/mol. The second kappa shape index (κ2) is 7.21. The number of hydrogen-bond donors (Lipinski definition) is 3. The third-order valence-electron chi connectivity index (χ3n) is 3.62. The van der Waals surface area contributed by atoms with Gasteiger partial charge in [-0.15, -0.1) is 0 Å². The SMILES string of the molecule is CCCN(CC1CCCCN1)C(=O)c1cc(=O)[nH]c(=O)[nH]1. The first-order valence-electron chi connectivity index (χ1n) is 7.46. The summed E-state index contributed by atoms with van der Waals surface area (Å²) in [6, 6.07) is 1.42. The molecule has 3 N–H and O–H groups in total. The smallest absolute Gasteiger partial charge is 0.326 e. The molecule has 1 aliphatic heterocycles. The van der Waals surface area contributed by atoms with Crippen LogP contribution in [0.3, 0.4) is 0 Å². The number of H-pyrrole nitrogens is 2. The summed E-state index contributed by atoms with van der Waals surface area (Å²) in [6.45, 7) is 4.17. The van der Waals surface area contributed by atoms with Gasteiger partial charge in [0, 0.05) is 25.2 Å². The highest BCUT2D eigenvalue weighted by Gasteiger charge is 2.21. The average molecular weight is 294 g/mol. The van der Waals surface area contributed by atoms with Crippen LogP contribution in [0.5, 0.6) is 0 Å². The van der Waals surface area contributed by atoms with Crippen molar-refractivity contribution in [2.75, 3.05) is 19.6 Å². The van der Waals surface area contributed by atoms with Gasteiger partial charge in [0.05, 0.1) is 0 Å². The van der Waals surface area contributed by atoms with Crippen molar-refractivity contribution >= 4 is 5.91 Å². The molecule has 0 aliphatic carbocycles. The van der Waals surface area contributed by atoms with E-state index in [0.29, 0.717) is 13.1 Å². The van der Waals surface area contributed by atoms with Crippen LogP contribution in [0.4, 0.5) is 0 Å². The first-order chi connectivity index (χ1) is 10.1. The minimum Gasteiger partial charge on any atom is -0.336 e. The highest BCUT2D eigenvalue weighted by molar-refractivity contribution is 5.92. The molecular weight excluding hydrogens is 272 g/mol. The van der Waals surface area contributed by atoms with Crippen molar-refractivity contribution in [3.05, 3.63) is 32.6 Å². The molecule has 116 valence electrons. The molecular formula is C14H22N4O3. The van der Waals surface area contributed by atoms with Gasteiger partial charge >= 0.3 is 5.69 Å². The zero-order valence-electron chi connectivity index (χ0n) is 12.3. The molecule has 1 aromatic heterocycles. The molecule has 0 spiro atoms. The Labute approximate surface area is 122 Å². The van der Waals surface area contributed by atoms with E-state index in [9.17, 15) is 14.4 Å². The zero-order valence-corrected chi connectivity index (χ0v) is 12.3. The second-order valence-electron chi connectivity index (χ2n) is 5.40. The van der Waals surface area contributed by atoms with Crippen molar-refractivity contribution in [2.24, 2.45) is 0 Å². The van der Waals surface area contributed by atoms with Gasteiger partial charge in [0.1, 0.15) is 5.69 Å². The molecule has 1 unspecified atom stereocenters. The van der Waals surface area contributed by atoms with Crippen LogP contribution in [0.1, 0.15) is 43.1 Å². The summed E-state index contributed by atoms with van der Waals surface area (Å²) in [4.78, 5) is 41.3. The van der Waals surface area contributed by atoms with E-state index in [1.54, 1.807) is 4.90 Å². The summed E-state index contributed by atoms with van der Waals surface area (Å²) in [5.74, 6) is -0.299. The molecule has 1 aromatic rings. The maximum atomic E-state index is 12.5. The van der Waals surface area contributed by atoms with E-state index >= 15 is 0 Å². The van der Waals surface area contributed by atoms with Crippen LogP contribution in [-0.4, -0.2) is 46.5 Å². The van der Waals surface area contributed by atoms with Gasteiger partial charge in [-0.25, -0.2) is 4.79 Å². The number of amides is 1. The molecule has 0 bridgehead atoms. The molecule has 7 nitrogen and oxygen atoms in total. The molecule has 1 saturated heterocycles. The topological polar surface area (TPSA) is 98.1 Å². The third-order valence-corrected chi connectivity index (χ3v) is 3.62. The lowest BCUT2D eigenvalue weighted by molar-refractivity contribution is 0.0725. The Bertz CT molecular complexity index is 558. The van der Waals surface area contributed by atoms with Gasteiger partial charge in [-0.1, -0.05) is 13.3 Å². The van der Waals surface area contributed by atoms with E-state index in [0.717, 1.165) is 31.9 Å². The summed E-state index contributed by atoms with van der Waals surface area (Å²) < 4.78 is 0. The normalized spacial score (nSPS) is 18.4. The summed E-state index contributed by atoms with van der Waals surface area (Å²) in [7, 11) is 0. The van der Waals surface area contributed by atoms with Crippen molar-refractivity contribution in [2.45, 2.75) is 38.6 Å². The van der Waals surface area contributed by atoms with Gasteiger partial charge < -0.3 is 15.2 Å². The van der Waals surface area contributed by atoms with E-state index in [1.807, 2.05) is 6.92 Å². The van der Waals surface area contributed by atoms with Crippen LogP contribution in [0.2, 0.25) is 0 Å². The lowest BCUT2D eigenvalue weighted by Gasteiger charge is -2.30. The summed E-state index contributed by atoms with van der Waals surface area (Å²) >= 11 is 0. The third kappa shape index (κ3) is 4.29. The first kappa shape index (κ1) is 15.5. The Balaban J connectivity index is 2.13. The number of aromatic amines is 2. The molecule has 1 aliphatic rings. The molecule has 7 heteroatoms. The molecule has 1 amide bonds. The minimum absolute atomic E-state index is 0.0491. The fourth-order valence-corrected chi connectivity index (χ4v) is 2.65. The number of nitrogens with one attached hydrogen (secondary N) is 3. The number of carbonyl (C=O) groups is 1. The molecule has 0 aromatic carbocycles. The lowest BCUT2D eigenvalue weighted by atomic mass is 10.0. The Morgan fingerprint density at radius 2 is 2.14 bits per heavy atom. The predicted octanol–water partition coefficient (Wildman–Crippen LogP) is 0.0575. The molecule has 21 heavy (non-hydrogen) atoms. The van der Waals surface area contributed by atoms with Crippen LogP contribution >= 0.6 is 0 Å². The molecule has 2 rings (SSSR count). The van der Waals surface area contributed by atoms with Gasteiger partial charge in [0.2, 0.25) is 0 Å². The van der Waals surface area contributed by atoms with Crippen molar-refractivity contribution in [3.63, 3.8) is 0 Å². The van der Waals surface area contributed by atoms with Gasteiger partial charge in [0.15, 0.2) is 0 Å². The second-order valence-corrected chi connectivity index (χ2v) is 5.40. The Morgan fingerprint density at radius 3 is 2.76 bits per heavy atom. The molecule has 0 radical (unpaired) electrons. The summed E-state index contributed by atoms with van der Waals surface area (Å²) in [5.41, 5.74) is -1.17. The van der Waals surface area contributed by atoms with E-state index in [-0.39, 0.29) is 17.6 Å². The quantitative estimate of drug-likeness (QED) is 0.715. The van der Waals surface area contributed by atoms with Crippen LogP contribution in [0, 0.1) is 0 Å². The highest BCUT2D eigenvalue weighted by atomic mass is 16.2. The zero-order chi connectivity index (χ0) is 15.2. The number of carbonyl (C=O) groups excluding carboxylic acids is 1. The first-order valence-corrected chi connectivity index (χ1v) is 7.46. The minimum atomic E-state index is -0.655. The Hall–Kier alpha value is -1.89. The largest absolute Gasteiger partial charge is 0.336 e. The van der Waals surface area contributed by atoms with Crippen LogP contribution in [0.15, 0.2) is 15.7 Å². The summed E-state index contributed by atoms with van der Waals surface area (Å²) in [5, 5.41) is 3.40. The van der Waals surface area contributed by atoms with Crippen LogP contribution < -0.4 is 16.6 Å². The monoisotopic (exact) mass is 294 g/mol. The maximum absolute atomic E-state index is 12.5. The number of piperidine rings is 1. The van der Waals surface area contributed by atoms with E-state index in [2.05, 4.69) is 15.3 Å². The molecule has 1 fully saturated rings. The molecule has 2 heterocycles. The van der Waals surface area contributed by atoms with Crippen LogP contribution in [-0.2, 0) is 0 Å². The molecule has 1 atom stereocenters. The Morgan fingerprint density at radius 1 is 1.33 bits per heavy atom. The van der Waals surface area contributed by atoms with Gasteiger partial charge in [0.25, 0.3) is 11.5 Å². The Kier molecular flexibility index (Phi) is 5.32. The average Bonchev–Trinajstić information content (AvgIpc) is 2.46. The van der Waals surface area contributed by atoms with E-state index in [1.165, 1.54) is 6.42 Å². The van der Waals surface area contributed by atoms with Crippen molar-refractivity contribution in [1.29, 1.82) is 0 Å². The van der Waals surface area contributed by atoms with Crippen molar-refractivity contribution < 1.29 is 4.79 Å². The van der Waals surface area contributed by atoms with Crippen molar-refractivity contribution in [1.82, 2.24) is 20.2 Å². The number of hydrogen-bond acceptors (Lipinski definition) is 4. The highest BCUT2D eigenvalue weighted by Crippen LogP contribution is 2.10. The van der Waals surface area contributed by atoms with Gasteiger partial charge in [-0.2, -0.15) is 0 Å². The lowest BCUT2D eigenvalue weighted by Crippen LogP contribution is -2.46. The van der Waals surface area contributed by atoms with E-state index < -0.39 is 11.2 Å². The fraction of sp³-hybridized carbons (Fsp3) is 0.643. The maximum Gasteiger partial charge on any atom is 0.326 e. The number of rotatable bonds is 5. The number of nitrogens with zero attached hydrogens (tertiary/aromatic N) is 1. The fourth-order valence-electron chi connectivity index (χ4n) is 2.65. The summed E-state index contributed by atoms with van der Waals surface area (Å²) in [6.07, 6.45) is 4.19. The van der Waals surface area contributed by atoms with Gasteiger partial charge in [-0.05, 0) is 25.8 Å². The van der Waals surface area contributed by atoms with Crippen LogP contribution in [0.25, 0.3) is 0 Å².